The van der Waals surface area contributed by atoms with Crippen LogP contribution in [0.3, 0.4) is 0 Å². The van der Waals surface area contributed by atoms with Crippen molar-refractivity contribution in [3.05, 3.63) is 71.5 Å². The molecule has 1 N–H and O–H groups in total. The minimum absolute atomic E-state index is 0.0562. The molecular formula is C17H17FN2O. The number of benzene rings is 2. The second-order valence-corrected chi connectivity index (χ2v) is 5.09. The van der Waals surface area contributed by atoms with E-state index in [1.807, 2.05) is 30.3 Å². The topological polar surface area (TPSA) is 33.6 Å². The van der Waals surface area contributed by atoms with Crippen LogP contribution < -0.4 is 5.32 Å². The lowest BCUT2D eigenvalue weighted by molar-refractivity contribution is 0.0848. The maximum absolute atomic E-state index is 12.8. The zero-order chi connectivity index (χ0) is 14.5. The first-order valence-electron chi connectivity index (χ1n) is 7.04. The van der Waals surface area contributed by atoms with Crippen LogP contribution in [0.15, 0.2) is 59.8 Å². The fourth-order valence-electron chi connectivity index (χ4n) is 2.32. The molecule has 0 unspecified atom stereocenters. The van der Waals surface area contributed by atoms with Crippen LogP contribution in [0, 0.1) is 5.82 Å². The molecule has 0 aliphatic carbocycles. The van der Waals surface area contributed by atoms with Crippen molar-refractivity contribution < 1.29 is 9.23 Å². The average molecular weight is 284 g/mol. The van der Waals surface area contributed by atoms with Gasteiger partial charge in [0.2, 0.25) is 0 Å². The highest BCUT2D eigenvalue weighted by atomic mass is 19.1. The maximum Gasteiger partial charge on any atom is 0.145 e. The molecule has 1 heterocycles. The lowest BCUT2D eigenvalue weighted by Crippen LogP contribution is -2.26. The first kappa shape index (κ1) is 13.8. The minimum Gasteiger partial charge on any atom is -0.390 e. The summed E-state index contributed by atoms with van der Waals surface area (Å²) >= 11 is 0. The standard InChI is InChI=1S/C17H17FN2O/c18-15-8-6-13(7-9-15)11-19-12-16-10-17(20-21-16)14-4-2-1-3-5-14/h1-9,16,19H,10-12H2/t16-/m0/s1. The summed E-state index contributed by atoms with van der Waals surface area (Å²) in [5.74, 6) is -0.209. The van der Waals surface area contributed by atoms with E-state index < -0.39 is 0 Å². The Bertz CT molecular complexity index is 610. The summed E-state index contributed by atoms with van der Waals surface area (Å²) in [6.45, 7) is 1.41. The van der Waals surface area contributed by atoms with E-state index >= 15 is 0 Å². The summed E-state index contributed by atoms with van der Waals surface area (Å²) < 4.78 is 12.8. The number of halogens is 1. The molecule has 1 aliphatic rings. The molecule has 0 aromatic heterocycles. The highest BCUT2D eigenvalue weighted by Gasteiger charge is 2.21. The molecule has 3 rings (SSSR count). The van der Waals surface area contributed by atoms with Crippen LogP contribution in [-0.2, 0) is 11.4 Å². The Labute approximate surface area is 123 Å². The number of hydrogen-bond donors (Lipinski definition) is 1. The lowest BCUT2D eigenvalue weighted by atomic mass is 10.1. The van der Waals surface area contributed by atoms with Gasteiger partial charge in [-0.3, -0.25) is 0 Å². The van der Waals surface area contributed by atoms with Gasteiger partial charge in [-0.15, -0.1) is 0 Å². The highest BCUT2D eigenvalue weighted by Crippen LogP contribution is 2.16. The smallest absolute Gasteiger partial charge is 0.145 e. The Kier molecular flexibility index (Phi) is 4.26. The molecule has 0 saturated carbocycles. The number of oxime groups is 1. The molecule has 2 aromatic carbocycles. The first-order valence-corrected chi connectivity index (χ1v) is 7.04. The molecule has 0 spiro atoms. The van der Waals surface area contributed by atoms with Gasteiger partial charge in [0.15, 0.2) is 0 Å². The molecular weight excluding hydrogens is 267 g/mol. The van der Waals surface area contributed by atoms with Gasteiger partial charge in [0.1, 0.15) is 11.9 Å². The normalized spacial score (nSPS) is 17.4. The number of nitrogens with one attached hydrogen (secondary N) is 1. The van der Waals surface area contributed by atoms with Gasteiger partial charge in [-0.1, -0.05) is 47.6 Å². The van der Waals surface area contributed by atoms with Crippen LogP contribution in [0.25, 0.3) is 0 Å². The second kappa shape index (κ2) is 6.50. The van der Waals surface area contributed by atoms with Gasteiger partial charge in [-0.2, -0.15) is 0 Å². The Morgan fingerprint density at radius 1 is 1.10 bits per heavy atom. The number of rotatable bonds is 5. The molecule has 0 amide bonds. The monoisotopic (exact) mass is 284 g/mol. The number of hydrogen-bond acceptors (Lipinski definition) is 3. The third-order valence-electron chi connectivity index (χ3n) is 3.45. The van der Waals surface area contributed by atoms with Crippen molar-refractivity contribution in [2.75, 3.05) is 6.54 Å². The highest BCUT2D eigenvalue weighted by molar-refractivity contribution is 6.01. The summed E-state index contributed by atoms with van der Waals surface area (Å²) in [4.78, 5) is 5.44. The Morgan fingerprint density at radius 3 is 2.62 bits per heavy atom. The van der Waals surface area contributed by atoms with Gasteiger partial charge >= 0.3 is 0 Å². The van der Waals surface area contributed by atoms with Gasteiger partial charge < -0.3 is 10.2 Å². The van der Waals surface area contributed by atoms with Crippen molar-refractivity contribution in [1.29, 1.82) is 0 Å². The molecule has 2 aromatic rings. The van der Waals surface area contributed by atoms with Gasteiger partial charge in [0, 0.05) is 19.5 Å². The third kappa shape index (κ3) is 3.67. The molecule has 0 fully saturated rings. The van der Waals surface area contributed by atoms with E-state index in [1.165, 1.54) is 12.1 Å². The first-order chi connectivity index (χ1) is 10.3. The van der Waals surface area contributed by atoms with E-state index in [1.54, 1.807) is 12.1 Å². The largest absolute Gasteiger partial charge is 0.390 e. The Balaban J connectivity index is 1.45. The van der Waals surface area contributed by atoms with Crippen LogP contribution in [0.5, 0.6) is 0 Å². The van der Waals surface area contributed by atoms with Crippen LogP contribution in [-0.4, -0.2) is 18.4 Å². The third-order valence-corrected chi connectivity index (χ3v) is 3.45. The van der Waals surface area contributed by atoms with Gasteiger partial charge in [0.25, 0.3) is 0 Å². The van der Waals surface area contributed by atoms with Crippen LogP contribution in [0.4, 0.5) is 4.39 Å². The van der Waals surface area contributed by atoms with Crippen molar-refractivity contribution in [3.63, 3.8) is 0 Å². The molecule has 0 radical (unpaired) electrons. The predicted molar refractivity (Wildman–Crippen MR) is 80.6 cm³/mol. The van der Waals surface area contributed by atoms with Crippen molar-refractivity contribution in [2.45, 2.75) is 19.1 Å². The molecule has 108 valence electrons. The minimum atomic E-state index is -0.209. The van der Waals surface area contributed by atoms with Gasteiger partial charge in [-0.25, -0.2) is 4.39 Å². The lowest BCUT2D eigenvalue weighted by Gasteiger charge is -2.09. The van der Waals surface area contributed by atoms with Crippen molar-refractivity contribution in [1.82, 2.24) is 5.32 Å². The van der Waals surface area contributed by atoms with Gasteiger partial charge in [0.05, 0.1) is 5.71 Å². The SMILES string of the molecule is Fc1ccc(CNC[C@@H]2CC(c3ccccc3)=NO2)cc1. The number of nitrogens with zero attached hydrogens (tertiary/aromatic N) is 1. The second-order valence-electron chi connectivity index (χ2n) is 5.09. The summed E-state index contributed by atoms with van der Waals surface area (Å²) in [7, 11) is 0. The summed E-state index contributed by atoms with van der Waals surface area (Å²) in [5, 5.41) is 7.47. The molecule has 0 bridgehead atoms. The van der Waals surface area contributed by atoms with Crippen molar-refractivity contribution >= 4 is 5.71 Å². The van der Waals surface area contributed by atoms with Crippen LogP contribution in [0.2, 0.25) is 0 Å². The maximum atomic E-state index is 12.8. The fourth-order valence-corrected chi connectivity index (χ4v) is 2.32. The van der Waals surface area contributed by atoms with Gasteiger partial charge in [-0.05, 0) is 23.3 Å². The van der Waals surface area contributed by atoms with Crippen molar-refractivity contribution in [3.8, 4) is 0 Å². The van der Waals surface area contributed by atoms with E-state index in [-0.39, 0.29) is 11.9 Å². The predicted octanol–water partition coefficient (Wildman–Crippen LogP) is 3.11. The zero-order valence-electron chi connectivity index (χ0n) is 11.6. The zero-order valence-corrected chi connectivity index (χ0v) is 11.6. The molecule has 1 atom stereocenters. The Hall–Kier alpha value is -2.20. The summed E-state index contributed by atoms with van der Waals surface area (Å²) in [6.07, 6.45) is 0.862. The van der Waals surface area contributed by atoms with E-state index in [2.05, 4.69) is 10.5 Å². The Morgan fingerprint density at radius 2 is 1.86 bits per heavy atom. The molecule has 4 heteroatoms. The van der Waals surface area contributed by atoms with Crippen LogP contribution >= 0.6 is 0 Å². The molecule has 1 aliphatic heterocycles. The average Bonchev–Trinajstić information content (AvgIpc) is 2.99. The van der Waals surface area contributed by atoms with E-state index in [4.69, 9.17) is 4.84 Å². The summed E-state index contributed by atoms with van der Waals surface area (Å²) in [6, 6.07) is 16.6. The van der Waals surface area contributed by atoms with Crippen molar-refractivity contribution in [2.24, 2.45) is 5.16 Å². The molecule has 3 nitrogen and oxygen atoms in total. The summed E-state index contributed by atoms with van der Waals surface area (Å²) in [5.41, 5.74) is 3.15. The molecule has 0 saturated heterocycles. The molecule has 21 heavy (non-hydrogen) atoms. The van der Waals surface area contributed by atoms with Crippen LogP contribution in [0.1, 0.15) is 17.5 Å². The van der Waals surface area contributed by atoms with E-state index in [9.17, 15) is 4.39 Å². The van der Waals surface area contributed by atoms with E-state index in [0.29, 0.717) is 6.54 Å². The fraction of sp³-hybridized carbons (Fsp3) is 0.235. The quantitative estimate of drug-likeness (QED) is 0.915. The van der Waals surface area contributed by atoms with E-state index in [0.717, 1.165) is 29.8 Å².